The maximum atomic E-state index is 15.2. The van der Waals surface area contributed by atoms with Crippen LogP contribution in [0.5, 0.6) is 5.75 Å². The number of hydrogen-bond acceptors (Lipinski definition) is 6. The summed E-state index contributed by atoms with van der Waals surface area (Å²) in [6, 6.07) is 24.8. The van der Waals surface area contributed by atoms with Gasteiger partial charge in [0.05, 0.1) is 35.4 Å². The fourth-order valence-corrected chi connectivity index (χ4v) is 8.88. The number of halogens is 3. The Morgan fingerprint density at radius 3 is 2.26 bits per heavy atom. The molecule has 50 heavy (non-hydrogen) atoms. The molecule has 4 aromatic carbocycles. The highest BCUT2D eigenvalue weighted by molar-refractivity contribution is 6.30. The summed E-state index contributed by atoms with van der Waals surface area (Å²) >= 11 is 6.30. The van der Waals surface area contributed by atoms with Gasteiger partial charge in [-0.15, -0.1) is 0 Å². The minimum absolute atomic E-state index is 0.0204. The summed E-state index contributed by atoms with van der Waals surface area (Å²) in [5, 5.41) is 12.6. The van der Waals surface area contributed by atoms with Crippen molar-refractivity contribution >= 4 is 40.9 Å². The Hall–Kier alpha value is -5.35. The highest BCUT2D eigenvalue weighted by atomic mass is 35.5. The molecule has 2 N–H and O–H groups in total. The number of hydrogen-bond donors (Lipinski definition) is 2. The second-order valence-electron chi connectivity index (χ2n) is 13.3. The molecule has 0 aromatic heterocycles. The van der Waals surface area contributed by atoms with Crippen LogP contribution in [-0.2, 0) is 31.1 Å². The largest absolute Gasteiger partial charge is 0.505 e. The van der Waals surface area contributed by atoms with Gasteiger partial charge in [0, 0.05) is 16.5 Å². The molecule has 3 fully saturated rings. The topological polar surface area (TPSA) is 107 Å². The summed E-state index contributed by atoms with van der Waals surface area (Å²) in [6.45, 7) is 0.0899. The van der Waals surface area contributed by atoms with E-state index in [9.17, 15) is 23.9 Å². The first-order chi connectivity index (χ1) is 24.1. The number of imide groups is 2. The molecule has 0 unspecified atom stereocenters. The van der Waals surface area contributed by atoms with Gasteiger partial charge in [0.1, 0.15) is 5.82 Å². The van der Waals surface area contributed by atoms with Crippen molar-refractivity contribution in [2.45, 2.75) is 30.7 Å². The fraction of sp³-hybridized carbons (Fsp3) is 0.231. The molecule has 1 saturated carbocycles. The second kappa shape index (κ2) is 11.9. The van der Waals surface area contributed by atoms with Crippen LogP contribution in [0.25, 0.3) is 0 Å². The number of rotatable bonds is 6. The molecule has 4 aliphatic rings. The lowest BCUT2D eigenvalue weighted by molar-refractivity contribution is -0.142. The lowest BCUT2D eigenvalue weighted by Gasteiger charge is -2.50. The molecule has 4 aromatic rings. The molecule has 0 radical (unpaired) electrons. The van der Waals surface area contributed by atoms with Crippen LogP contribution in [-0.4, -0.2) is 38.6 Å². The molecule has 6 atom stereocenters. The van der Waals surface area contributed by atoms with Crippen LogP contribution in [0.15, 0.2) is 109 Å². The number of anilines is 1. The molecule has 0 spiro atoms. The second-order valence-corrected chi connectivity index (χ2v) is 13.7. The van der Waals surface area contributed by atoms with Crippen molar-refractivity contribution in [3.8, 4) is 5.75 Å². The first-order valence-electron chi connectivity index (χ1n) is 16.3. The molecule has 2 saturated heterocycles. The average molecular weight is 694 g/mol. The molecule has 8 rings (SSSR count). The zero-order valence-corrected chi connectivity index (χ0v) is 27.2. The van der Waals surface area contributed by atoms with Crippen molar-refractivity contribution in [1.29, 1.82) is 0 Å². The third-order valence-electron chi connectivity index (χ3n) is 10.9. The number of phenolic OH excluding ortho intramolecular Hbond substituents is 1. The molecule has 4 amide bonds. The highest BCUT2D eigenvalue weighted by Gasteiger charge is 2.70. The van der Waals surface area contributed by atoms with Crippen molar-refractivity contribution in [3.63, 3.8) is 0 Å². The van der Waals surface area contributed by atoms with Gasteiger partial charge in [-0.1, -0.05) is 77.8 Å². The van der Waals surface area contributed by atoms with E-state index in [0.29, 0.717) is 16.2 Å². The van der Waals surface area contributed by atoms with Gasteiger partial charge in [-0.05, 0) is 72.4 Å². The van der Waals surface area contributed by atoms with Crippen LogP contribution in [0.3, 0.4) is 0 Å². The Labute approximate surface area is 290 Å². The van der Waals surface area contributed by atoms with E-state index in [4.69, 9.17) is 11.6 Å². The number of amides is 4. The first-order valence-corrected chi connectivity index (χ1v) is 16.7. The molecule has 252 valence electrons. The SMILES string of the molecule is O=C1[C@H]2[C@H](CC=C3[C@H]2C[C@H]2C(=O)N(Nc4ccc(F)cc4)C(=O)[C@@]2(c2ccc(Cl)cc2)[C@H]3c2cccc(F)c2O)C(=O)N1Cc1ccccc1. The number of fused-ring (bicyclic) bond motifs is 4. The number of carbonyl (C=O) groups is 4. The quantitative estimate of drug-likeness (QED) is 0.176. The molecular formula is C39H30ClF2N3O5. The van der Waals surface area contributed by atoms with E-state index in [1.807, 2.05) is 36.4 Å². The lowest BCUT2D eigenvalue weighted by atomic mass is 9.49. The average Bonchev–Trinajstić information content (AvgIpc) is 3.48. The van der Waals surface area contributed by atoms with Gasteiger partial charge in [-0.3, -0.25) is 29.5 Å². The Morgan fingerprint density at radius 2 is 1.54 bits per heavy atom. The summed E-state index contributed by atoms with van der Waals surface area (Å²) in [6.07, 6.45) is 2.03. The smallest absolute Gasteiger partial charge is 0.260 e. The molecule has 8 nitrogen and oxygen atoms in total. The van der Waals surface area contributed by atoms with Gasteiger partial charge in [0.15, 0.2) is 11.6 Å². The number of benzene rings is 4. The maximum absolute atomic E-state index is 15.2. The molecule has 11 heteroatoms. The zero-order valence-electron chi connectivity index (χ0n) is 26.4. The predicted octanol–water partition coefficient (Wildman–Crippen LogP) is 6.51. The van der Waals surface area contributed by atoms with Crippen molar-refractivity contribution in [2.24, 2.45) is 23.7 Å². The number of aromatic hydroxyl groups is 1. The predicted molar refractivity (Wildman–Crippen MR) is 179 cm³/mol. The number of allylic oxidation sites excluding steroid dienone is 2. The number of likely N-dealkylation sites (tertiary alicyclic amines) is 1. The van der Waals surface area contributed by atoms with Crippen LogP contribution in [0.1, 0.15) is 35.4 Å². The molecule has 2 aliphatic carbocycles. The van der Waals surface area contributed by atoms with E-state index in [0.717, 1.165) is 16.6 Å². The van der Waals surface area contributed by atoms with Crippen molar-refractivity contribution < 1.29 is 33.1 Å². The number of para-hydroxylation sites is 1. The van der Waals surface area contributed by atoms with Gasteiger partial charge in [-0.2, -0.15) is 5.01 Å². The summed E-state index contributed by atoms with van der Waals surface area (Å²) in [5.41, 5.74) is 3.24. The molecule has 0 bridgehead atoms. The van der Waals surface area contributed by atoms with E-state index < -0.39 is 64.2 Å². The van der Waals surface area contributed by atoms with Gasteiger partial charge in [0.2, 0.25) is 11.8 Å². The zero-order chi connectivity index (χ0) is 34.9. The van der Waals surface area contributed by atoms with Crippen molar-refractivity contribution in [1.82, 2.24) is 9.91 Å². The Balaban J connectivity index is 1.31. The molecule has 2 heterocycles. The molecular weight excluding hydrogens is 664 g/mol. The number of hydrazine groups is 1. The molecule has 2 aliphatic heterocycles. The van der Waals surface area contributed by atoms with Gasteiger partial charge >= 0.3 is 0 Å². The standard InChI is InChI=1S/C39H30ClF2N3O5/c40-23-11-9-22(10-12-23)39-30(36(48)45(38(39)50)43-25-15-13-24(41)14-16-25)19-29-26(33(39)28-7-4-8-31(42)34(28)46)17-18-27-32(29)37(49)44(35(27)47)20-21-5-2-1-3-6-21/h1-17,27,29-30,32-33,43,46H,18-20H2/t27-,29+,30-,32-,33+,39+/m0/s1. The summed E-state index contributed by atoms with van der Waals surface area (Å²) < 4.78 is 29.0. The minimum atomic E-state index is -1.73. The van der Waals surface area contributed by atoms with Gasteiger partial charge < -0.3 is 5.11 Å². The summed E-state index contributed by atoms with van der Waals surface area (Å²) in [7, 11) is 0. The van der Waals surface area contributed by atoms with Crippen LogP contribution < -0.4 is 5.43 Å². The third kappa shape index (κ3) is 4.69. The van der Waals surface area contributed by atoms with E-state index >= 15 is 9.18 Å². The lowest BCUT2D eigenvalue weighted by Crippen LogP contribution is -2.53. The Morgan fingerprint density at radius 1 is 0.820 bits per heavy atom. The van der Waals surface area contributed by atoms with Crippen LogP contribution >= 0.6 is 11.6 Å². The van der Waals surface area contributed by atoms with Crippen LogP contribution in [0, 0.1) is 35.3 Å². The van der Waals surface area contributed by atoms with Crippen molar-refractivity contribution in [3.05, 3.63) is 142 Å². The highest BCUT2D eigenvalue weighted by Crippen LogP contribution is 2.65. The van der Waals surface area contributed by atoms with Crippen molar-refractivity contribution in [2.75, 3.05) is 5.43 Å². The number of carbonyl (C=O) groups excluding carboxylic acids is 4. The van der Waals surface area contributed by atoms with E-state index in [1.54, 1.807) is 24.3 Å². The normalized spacial score (nSPS) is 27.2. The number of phenols is 1. The van der Waals surface area contributed by atoms with Crippen LogP contribution in [0.2, 0.25) is 5.02 Å². The number of nitrogens with one attached hydrogen (secondary N) is 1. The Kier molecular flexibility index (Phi) is 7.60. The van der Waals surface area contributed by atoms with Gasteiger partial charge in [0.25, 0.3) is 11.8 Å². The Bertz CT molecular complexity index is 2090. The van der Waals surface area contributed by atoms with E-state index in [-0.39, 0.29) is 42.5 Å². The van der Waals surface area contributed by atoms with Gasteiger partial charge in [-0.25, -0.2) is 8.78 Å². The van der Waals surface area contributed by atoms with E-state index in [2.05, 4.69) is 5.43 Å². The minimum Gasteiger partial charge on any atom is -0.505 e. The summed E-state index contributed by atoms with van der Waals surface area (Å²) in [5.74, 6) is -8.54. The fourth-order valence-electron chi connectivity index (χ4n) is 8.75. The number of nitrogens with zero attached hydrogens (tertiary/aromatic N) is 2. The first kappa shape index (κ1) is 31.9. The maximum Gasteiger partial charge on any atom is 0.260 e. The summed E-state index contributed by atoms with van der Waals surface area (Å²) in [4.78, 5) is 59.1. The van der Waals surface area contributed by atoms with E-state index in [1.165, 1.54) is 41.3 Å². The third-order valence-corrected chi connectivity index (χ3v) is 11.1. The van der Waals surface area contributed by atoms with Crippen LogP contribution in [0.4, 0.5) is 14.5 Å². The monoisotopic (exact) mass is 693 g/mol.